The summed E-state index contributed by atoms with van der Waals surface area (Å²) in [6, 6.07) is 1.52. The molecule has 0 bridgehead atoms. The molecule has 2 N–H and O–H groups in total. The summed E-state index contributed by atoms with van der Waals surface area (Å²) in [5.74, 6) is -9.15. The average molecular weight is 608 g/mol. The Morgan fingerprint density at radius 1 is 1.00 bits per heavy atom. The summed E-state index contributed by atoms with van der Waals surface area (Å²) in [5, 5.41) is 0. The van der Waals surface area contributed by atoms with Crippen LogP contribution in [0.4, 0.5) is 13.2 Å². The van der Waals surface area contributed by atoms with E-state index in [-0.39, 0.29) is 0 Å². The molecule has 1 aliphatic rings. The third-order valence-corrected chi connectivity index (χ3v) is 10.3. The molecule has 8 nitrogen and oxygen atoms in total. The average Bonchev–Trinajstić information content (AvgIpc) is 2.61. The van der Waals surface area contributed by atoms with Gasteiger partial charge in [0.25, 0.3) is 0 Å². The van der Waals surface area contributed by atoms with Crippen LogP contribution in [0, 0.1) is 5.82 Å². The Morgan fingerprint density at radius 3 is 1.86 bits per heavy atom. The van der Waals surface area contributed by atoms with Crippen LogP contribution in [0.15, 0.2) is 17.1 Å². The first kappa shape index (κ1) is 29.2. The molecule has 1 aromatic heterocycles. The molecule has 2 heterocycles. The van der Waals surface area contributed by atoms with Crippen LogP contribution < -0.4 is 9.44 Å². The number of halogens is 3. The van der Waals surface area contributed by atoms with E-state index in [1.165, 1.54) is 47.6 Å². The van der Waals surface area contributed by atoms with E-state index in [4.69, 9.17) is 19.9 Å². The number of carbonyl (C=O) groups is 2. The molecule has 2 rings (SSSR count). The third-order valence-electron chi connectivity index (χ3n) is 5.09. The Bertz CT molecular complexity index is 1030. The zero-order valence-corrected chi connectivity index (χ0v) is 24.7. The molecule has 1 aliphatic heterocycles. The van der Waals surface area contributed by atoms with Crippen molar-refractivity contribution in [1.29, 1.82) is 0 Å². The van der Waals surface area contributed by atoms with Crippen LogP contribution in [0.1, 0.15) is 54.2 Å². The SMILES string of the molecule is CC(C)(C)OC(=O)C1(C(=O)OC(C)(C)C)OC(N)=N[C@](C)(c2n[c]([Sn]([CH3])([CH3])[CH3])ccc2F)C1(F)F. The van der Waals surface area contributed by atoms with Crippen LogP contribution in [-0.4, -0.2) is 64.0 Å². The molecule has 0 aliphatic carbocycles. The molecule has 0 saturated heterocycles. The second-order valence-corrected chi connectivity index (χ2v) is 26.0. The van der Waals surface area contributed by atoms with Crippen molar-refractivity contribution >= 4 is 40.0 Å². The summed E-state index contributed by atoms with van der Waals surface area (Å²) in [6.45, 7) is 9.38. The number of hydrogen-bond acceptors (Lipinski definition) is 8. The van der Waals surface area contributed by atoms with Gasteiger partial charge in [0.05, 0.1) is 0 Å². The molecule has 0 amide bonds. The summed E-state index contributed by atoms with van der Waals surface area (Å²) in [7, 11) is 0. The van der Waals surface area contributed by atoms with Gasteiger partial charge in [-0.1, -0.05) is 0 Å². The van der Waals surface area contributed by atoms with Crippen LogP contribution in [0.5, 0.6) is 0 Å². The first-order valence-corrected chi connectivity index (χ1v) is 21.0. The van der Waals surface area contributed by atoms with E-state index in [9.17, 15) is 9.59 Å². The molecule has 35 heavy (non-hydrogen) atoms. The van der Waals surface area contributed by atoms with Gasteiger partial charge in [-0.05, 0) is 0 Å². The van der Waals surface area contributed by atoms with Crippen molar-refractivity contribution in [2.24, 2.45) is 10.7 Å². The fourth-order valence-electron chi connectivity index (χ4n) is 3.40. The number of aromatic nitrogens is 1. The molecule has 1 aromatic rings. The molecule has 1 atom stereocenters. The van der Waals surface area contributed by atoms with Gasteiger partial charge >= 0.3 is 208 Å². The zero-order chi connectivity index (χ0) is 27.4. The van der Waals surface area contributed by atoms with E-state index in [0.29, 0.717) is 3.71 Å². The van der Waals surface area contributed by atoms with Crippen molar-refractivity contribution in [3.63, 3.8) is 0 Å². The number of nitrogens with zero attached hydrogens (tertiary/aromatic N) is 2. The van der Waals surface area contributed by atoms with Crippen LogP contribution >= 0.6 is 0 Å². The first-order chi connectivity index (χ1) is 15.5. The van der Waals surface area contributed by atoms with Gasteiger partial charge in [-0.15, -0.1) is 0 Å². The fraction of sp³-hybridized carbons (Fsp3) is 0.652. The maximum absolute atomic E-state index is 16.6. The van der Waals surface area contributed by atoms with Gasteiger partial charge in [0.2, 0.25) is 0 Å². The number of hydrogen-bond donors (Lipinski definition) is 1. The molecule has 0 unspecified atom stereocenters. The molecule has 0 fully saturated rings. The van der Waals surface area contributed by atoms with E-state index >= 15 is 13.2 Å². The summed E-state index contributed by atoms with van der Waals surface area (Å²) >= 11 is -3.00. The standard InChI is InChI=1S/C20H25F3N3O5.3CH3.Sn/c1-16(2,3)29-13(27)19(14(28)30-17(4,5)6)20(22,23)18(7,26-15(24)31-19)12-11(21)9-8-10-25-12;;;;/h8-9H,1-7H3,(H2,24,26);3*1H3;/t18-;;;;/m1..../s1. The molecule has 0 spiro atoms. The monoisotopic (exact) mass is 609 g/mol. The zero-order valence-electron chi connectivity index (χ0n) is 21.8. The minimum absolute atomic E-state index is 0.480. The van der Waals surface area contributed by atoms with Crippen molar-refractivity contribution in [3.05, 3.63) is 23.6 Å². The van der Waals surface area contributed by atoms with E-state index in [2.05, 4.69) is 9.98 Å². The van der Waals surface area contributed by atoms with Crippen molar-refractivity contribution in [2.45, 2.75) is 91.5 Å². The first-order valence-electron chi connectivity index (χ1n) is 11.0. The summed E-state index contributed by atoms with van der Waals surface area (Å²) < 4.78 is 64.2. The van der Waals surface area contributed by atoms with Gasteiger partial charge in [0.15, 0.2) is 0 Å². The second-order valence-electron chi connectivity index (χ2n) is 11.7. The van der Waals surface area contributed by atoms with Crippen LogP contribution in [0.3, 0.4) is 0 Å². The van der Waals surface area contributed by atoms with E-state index in [1.807, 2.05) is 14.8 Å². The number of ether oxygens (including phenoxy) is 3. The topological polar surface area (TPSA) is 113 Å². The van der Waals surface area contributed by atoms with Gasteiger partial charge in [-0.2, -0.15) is 0 Å². The number of amidine groups is 1. The number of aliphatic imine (C=N–C) groups is 1. The molecular weight excluding hydrogens is 574 g/mol. The van der Waals surface area contributed by atoms with E-state index in [1.54, 1.807) is 0 Å². The Labute approximate surface area is 207 Å². The van der Waals surface area contributed by atoms with E-state index in [0.717, 1.165) is 13.0 Å². The fourth-order valence-corrected chi connectivity index (χ4v) is 6.34. The van der Waals surface area contributed by atoms with Gasteiger partial charge < -0.3 is 0 Å². The van der Waals surface area contributed by atoms with Crippen molar-refractivity contribution in [3.8, 4) is 0 Å². The molecule has 0 aromatic carbocycles. The van der Waals surface area contributed by atoms with Gasteiger partial charge in [-0.25, -0.2) is 0 Å². The van der Waals surface area contributed by atoms with E-state index < -0.39 is 76.1 Å². The number of pyridine rings is 1. The van der Waals surface area contributed by atoms with Crippen LogP contribution in [-0.2, 0) is 29.3 Å². The summed E-state index contributed by atoms with van der Waals surface area (Å²) in [6.07, 6.45) is 0. The summed E-state index contributed by atoms with van der Waals surface area (Å²) in [4.78, 5) is 40.4. The normalized spacial score (nSPS) is 22.0. The number of rotatable bonds is 4. The molecule has 0 radical (unpaired) electrons. The number of esters is 2. The number of alkyl halides is 2. The molecule has 12 heteroatoms. The van der Waals surface area contributed by atoms with Crippen molar-refractivity contribution < 1.29 is 37.0 Å². The molecular formula is C23H34F3N3O5Sn. The predicted molar refractivity (Wildman–Crippen MR) is 127 cm³/mol. The molecule has 0 saturated carbocycles. The quantitative estimate of drug-likeness (QED) is 0.317. The maximum atomic E-state index is 16.6. The Hall–Kier alpha value is -2.05. The van der Waals surface area contributed by atoms with Crippen molar-refractivity contribution in [2.75, 3.05) is 0 Å². The number of nitrogens with two attached hydrogens (primary N) is 1. The van der Waals surface area contributed by atoms with Crippen LogP contribution in [0.25, 0.3) is 0 Å². The predicted octanol–water partition coefficient (Wildman–Crippen LogP) is 3.38. The third kappa shape index (κ3) is 5.38. The Kier molecular flexibility index (Phi) is 7.34. The number of carbonyl (C=O) groups excluding carboxylic acids is 2. The van der Waals surface area contributed by atoms with Gasteiger partial charge in [-0.3, -0.25) is 0 Å². The van der Waals surface area contributed by atoms with Crippen molar-refractivity contribution in [1.82, 2.24) is 4.98 Å². The molecule has 196 valence electrons. The van der Waals surface area contributed by atoms with Gasteiger partial charge in [0.1, 0.15) is 0 Å². The Balaban J connectivity index is 2.91. The Morgan fingerprint density at radius 2 is 1.46 bits per heavy atom. The van der Waals surface area contributed by atoms with Gasteiger partial charge in [0, 0.05) is 0 Å². The summed E-state index contributed by atoms with van der Waals surface area (Å²) in [5.41, 5.74) is -4.23. The van der Waals surface area contributed by atoms with Crippen LogP contribution in [0.2, 0.25) is 14.8 Å². The minimum atomic E-state index is -4.55. The second kappa shape index (κ2) is 8.81.